The summed E-state index contributed by atoms with van der Waals surface area (Å²) in [5.74, 6) is 6.29. The minimum atomic E-state index is 0.427. The molecule has 0 heterocycles. The maximum Gasteiger partial charge on any atom is 0.0239 e. The standard InChI is InChI=1S/C15H26N2/c1-4-5-13(3)15(17-16)11-10-14-8-6-12(2)7-9-14/h6-9,13,15,17H,4-5,10-11,16H2,1-3H3. The Labute approximate surface area is 106 Å². The second kappa shape index (κ2) is 7.46. The minimum absolute atomic E-state index is 0.427. The second-order valence-electron chi connectivity index (χ2n) is 5.06. The van der Waals surface area contributed by atoms with Crippen LogP contribution in [0.2, 0.25) is 0 Å². The summed E-state index contributed by atoms with van der Waals surface area (Å²) in [6.07, 6.45) is 4.68. The molecule has 2 atom stereocenters. The van der Waals surface area contributed by atoms with Crippen LogP contribution < -0.4 is 11.3 Å². The molecule has 0 radical (unpaired) electrons. The van der Waals surface area contributed by atoms with Crippen LogP contribution in [-0.2, 0) is 6.42 Å². The highest BCUT2D eigenvalue weighted by Crippen LogP contribution is 2.15. The zero-order chi connectivity index (χ0) is 12.7. The van der Waals surface area contributed by atoms with Crippen LogP contribution in [0.3, 0.4) is 0 Å². The lowest BCUT2D eigenvalue weighted by atomic mass is 9.92. The van der Waals surface area contributed by atoms with E-state index in [0.29, 0.717) is 12.0 Å². The molecule has 0 saturated carbocycles. The highest BCUT2D eigenvalue weighted by atomic mass is 15.2. The van der Waals surface area contributed by atoms with Gasteiger partial charge in [-0.1, -0.05) is 50.1 Å². The minimum Gasteiger partial charge on any atom is -0.271 e. The van der Waals surface area contributed by atoms with E-state index in [-0.39, 0.29) is 0 Å². The van der Waals surface area contributed by atoms with Gasteiger partial charge >= 0.3 is 0 Å². The monoisotopic (exact) mass is 234 g/mol. The molecule has 1 rings (SSSR count). The molecule has 1 aromatic carbocycles. The molecule has 96 valence electrons. The van der Waals surface area contributed by atoms with Gasteiger partial charge in [0.15, 0.2) is 0 Å². The molecule has 1 aromatic rings. The SMILES string of the molecule is CCCC(C)C(CCc1ccc(C)cc1)NN. The molecule has 0 fully saturated rings. The first kappa shape index (κ1) is 14.2. The fourth-order valence-corrected chi connectivity index (χ4v) is 2.27. The predicted octanol–water partition coefficient (Wildman–Crippen LogP) is 3.20. The van der Waals surface area contributed by atoms with Gasteiger partial charge in [0.1, 0.15) is 0 Å². The van der Waals surface area contributed by atoms with Gasteiger partial charge in [0.05, 0.1) is 0 Å². The van der Waals surface area contributed by atoms with E-state index in [4.69, 9.17) is 5.84 Å². The summed E-state index contributed by atoms with van der Waals surface area (Å²) in [7, 11) is 0. The summed E-state index contributed by atoms with van der Waals surface area (Å²) in [6, 6.07) is 9.21. The molecule has 2 unspecified atom stereocenters. The van der Waals surface area contributed by atoms with E-state index in [9.17, 15) is 0 Å². The lowest BCUT2D eigenvalue weighted by molar-refractivity contribution is 0.341. The molecule has 0 saturated heterocycles. The van der Waals surface area contributed by atoms with E-state index in [0.717, 1.165) is 12.8 Å². The summed E-state index contributed by atoms with van der Waals surface area (Å²) >= 11 is 0. The van der Waals surface area contributed by atoms with Gasteiger partial charge in [-0.2, -0.15) is 0 Å². The smallest absolute Gasteiger partial charge is 0.0239 e. The third-order valence-electron chi connectivity index (χ3n) is 3.51. The fraction of sp³-hybridized carbons (Fsp3) is 0.600. The number of nitrogens with two attached hydrogens (primary N) is 1. The topological polar surface area (TPSA) is 38.0 Å². The molecule has 0 aliphatic heterocycles. The Hall–Kier alpha value is -0.860. The predicted molar refractivity (Wildman–Crippen MR) is 74.7 cm³/mol. The highest BCUT2D eigenvalue weighted by Gasteiger charge is 2.14. The molecular formula is C15H26N2. The average Bonchev–Trinajstić information content (AvgIpc) is 2.32. The molecule has 17 heavy (non-hydrogen) atoms. The molecular weight excluding hydrogens is 208 g/mol. The van der Waals surface area contributed by atoms with Gasteiger partial charge in [0.25, 0.3) is 0 Å². The maximum atomic E-state index is 5.64. The molecule has 2 heteroatoms. The van der Waals surface area contributed by atoms with Gasteiger partial charge in [-0.3, -0.25) is 11.3 Å². The fourth-order valence-electron chi connectivity index (χ4n) is 2.27. The summed E-state index contributed by atoms with van der Waals surface area (Å²) in [5, 5.41) is 0. The van der Waals surface area contributed by atoms with Crippen molar-refractivity contribution in [3.63, 3.8) is 0 Å². The number of hydrogen-bond donors (Lipinski definition) is 2. The zero-order valence-electron chi connectivity index (χ0n) is 11.4. The zero-order valence-corrected chi connectivity index (χ0v) is 11.4. The van der Waals surface area contributed by atoms with E-state index in [2.05, 4.69) is 50.5 Å². The van der Waals surface area contributed by atoms with Crippen molar-refractivity contribution >= 4 is 0 Å². The van der Waals surface area contributed by atoms with E-state index >= 15 is 0 Å². The number of rotatable bonds is 7. The Balaban J connectivity index is 2.44. The van der Waals surface area contributed by atoms with Crippen molar-refractivity contribution in [3.8, 4) is 0 Å². The van der Waals surface area contributed by atoms with Crippen LogP contribution in [0.4, 0.5) is 0 Å². The lowest BCUT2D eigenvalue weighted by Gasteiger charge is -2.22. The Morgan fingerprint density at radius 3 is 2.35 bits per heavy atom. The van der Waals surface area contributed by atoms with Gasteiger partial charge in [-0.05, 0) is 37.7 Å². The maximum absolute atomic E-state index is 5.64. The van der Waals surface area contributed by atoms with E-state index < -0.39 is 0 Å². The van der Waals surface area contributed by atoms with Crippen molar-refractivity contribution in [3.05, 3.63) is 35.4 Å². The quantitative estimate of drug-likeness (QED) is 0.561. The van der Waals surface area contributed by atoms with Crippen molar-refractivity contribution in [2.45, 2.75) is 52.5 Å². The summed E-state index contributed by atoms with van der Waals surface area (Å²) in [4.78, 5) is 0. The van der Waals surface area contributed by atoms with Crippen LogP contribution in [-0.4, -0.2) is 6.04 Å². The summed E-state index contributed by atoms with van der Waals surface area (Å²) in [6.45, 7) is 6.63. The van der Waals surface area contributed by atoms with Crippen LogP contribution in [0, 0.1) is 12.8 Å². The number of hydrogen-bond acceptors (Lipinski definition) is 2. The number of hydrazine groups is 1. The highest BCUT2D eigenvalue weighted by molar-refractivity contribution is 5.21. The Kier molecular flexibility index (Phi) is 6.23. The van der Waals surface area contributed by atoms with Gasteiger partial charge in [0.2, 0.25) is 0 Å². The van der Waals surface area contributed by atoms with Gasteiger partial charge < -0.3 is 0 Å². The first-order valence-electron chi connectivity index (χ1n) is 6.69. The molecule has 0 aliphatic carbocycles. The summed E-state index contributed by atoms with van der Waals surface area (Å²) in [5.41, 5.74) is 5.69. The molecule has 0 aliphatic rings. The normalized spacial score (nSPS) is 14.6. The van der Waals surface area contributed by atoms with Crippen molar-refractivity contribution in [1.29, 1.82) is 0 Å². The molecule has 0 amide bonds. The van der Waals surface area contributed by atoms with Crippen molar-refractivity contribution in [2.24, 2.45) is 11.8 Å². The van der Waals surface area contributed by atoms with E-state index in [1.165, 1.54) is 24.0 Å². The molecule has 2 nitrogen and oxygen atoms in total. The summed E-state index contributed by atoms with van der Waals surface area (Å²) < 4.78 is 0. The van der Waals surface area contributed by atoms with Crippen molar-refractivity contribution in [2.75, 3.05) is 0 Å². The van der Waals surface area contributed by atoms with Crippen LogP contribution >= 0.6 is 0 Å². The Morgan fingerprint density at radius 1 is 1.18 bits per heavy atom. The second-order valence-corrected chi connectivity index (χ2v) is 5.06. The van der Waals surface area contributed by atoms with Crippen molar-refractivity contribution in [1.82, 2.24) is 5.43 Å². The Bertz CT molecular complexity index is 305. The number of aryl methyl sites for hydroxylation is 2. The Morgan fingerprint density at radius 2 is 1.82 bits per heavy atom. The molecule has 0 spiro atoms. The number of benzene rings is 1. The van der Waals surface area contributed by atoms with E-state index in [1.54, 1.807) is 0 Å². The molecule has 3 N–H and O–H groups in total. The van der Waals surface area contributed by atoms with E-state index in [1.807, 2.05) is 0 Å². The average molecular weight is 234 g/mol. The number of nitrogens with one attached hydrogen (secondary N) is 1. The first-order chi connectivity index (χ1) is 8.17. The largest absolute Gasteiger partial charge is 0.271 e. The third kappa shape index (κ3) is 4.88. The van der Waals surface area contributed by atoms with Crippen molar-refractivity contribution < 1.29 is 0 Å². The lowest BCUT2D eigenvalue weighted by Crippen LogP contribution is -2.40. The first-order valence-corrected chi connectivity index (χ1v) is 6.69. The van der Waals surface area contributed by atoms with Gasteiger partial charge in [-0.25, -0.2) is 0 Å². The molecule has 0 bridgehead atoms. The van der Waals surface area contributed by atoms with Crippen LogP contribution in [0.15, 0.2) is 24.3 Å². The third-order valence-corrected chi connectivity index (χ3v) is 3.51. The van der Waals surface area contributed by atoms with Crippen LogP contribution in [0.5, 0.6) is 0 Å². The van der Waals surface area contributed by atoms with Crippen LogP contribution in [0.1, 0.15) is 44.2 Å². The molecule has 0 aromatic heterocycles. The van der Waals surface area contributed by atoms with Crippen LogP contribution in [0.25, 0.3) is 0 Å². The van der Waals surface area contributed by atoms with Gasteiger partial charge in [-0.15, -0.1) is 0 Å². The van der Waals surface area contributed by atoms with Gasteiger partial charge in [0, 0.05) is 6.04 Å².